The molecule has 0 rings (SSSR count). The number of hydrogen-bond donors (Lipinski definition) is 3. The minimum atomic E-state index is -4.38. The lowest BCUT2D eigenvalue weighted by molar-refractivity contribution is -0.144. The highest BCUT2D eigenvalue weighted by atomic mass is 31.2. The molecule has 0 radical (unpaired) electrons. The van der Waals surface area contributed by atoms with Gasteiger partial charge >= 0.3 is 13.8 Å². The third-order valence-corrected chi connectivity index (χ3v) is 6.80. The highest BCUT2D eigenvalue weighted by molar-refractivity contribution is 7.47. The van der Waals surface area contributed by atoms with E-state index in [1.165, 1.54) is 32.6 Å². The highest BCUT2D eigenvalue weighted by Crippen LogP contribution is 2.42. The number of carbonyl (C=O) groups is 2. The molecule has 0 aromatic carbocycles. The Kier molecular flexibility index (Phi) is 26.7. The third-order valence-electron chi connectivity index (χ3n) is 5.82. The summed E-state index contributed by atoms with van der Waals surface area (Å²) in [6.07, 6.45) is 31.2. The third kappa shape index (κ3) is 30.8. The van der Waals surface area contributed by atoms with Gasteiger partial charge in [-0.1, -0.05) is 87.6 Å². The van der Waals surface area contributed by atoms with Gasteiger partial charge in [0.1, 0.15) is 12.7 Å². The molecule has 0 fully saturated rings. The molecule has 0 aliphatic heterocycles. The van der Waals surface area contributed by atoms with Crippen molar-refractivity contribution in [2.45, 2.75) is 110 Å². The van der Waals surface area contributed by atoms with E-state index in [0.717, 1.165) is 57.8 Å². The summed E-state index contributed by atoms with van der Waals surface area (Å²) in [5.74, 6) is -0.721. The van der Waals surface area contributed by atoms with Crippen molar-refractivity contribution in [3.63, 3.8) is 0 Å². The number of phosphoric acid groups is 1. The predicted octanol–water partition coefficient (Wildman–Crippen LogP) is 6.87. The summed E-state index contributed by atoms with van der Waals surface area (Å²) in [5, 5.41) is 12.1. The van der Waals surface area contributed by atoms with Crippen LogP contribution in [0.1, 0.15) is 104 Å². The lowest BCUT2D eigenvalue weighted by Crippen LogP contribution is -2.27. The monoisotopic (exact) mass is 599 g/mol. The molecule has 0 heterocycles. The van der Waals surface area contributed by atoms with Crippen molar-refractivity contribution in [1.29, 1.82) is 0 Å². The first-order chi connectivity index (χ1) is 19.8. The van der Waals surface area contributed by atoms with Crippen LogP contribution in [-0.2, 0) is 27.9 Å². The van der Waals surface area contributed by atoms with Gasteiger partial charge in [0, 0.05) is 19.9 Å². The molecule has 0 saturated carbocycles. The Bertz CT molecular complexity index is 825. The number of carbonyl (C=O) groups excluding carboxylic acids is 2. The van der Waals surface area contributed by atoms with Crippen molar-refractivity contribution in [3.05, 3.63) is 48.6 Å². The Hall–Kier alpha value is -2.03. The molecule has 0 aromatic heterocycles. The molecule has 0 saturated heterocycles. The number of allylic oxidation sites excluding steroid dienone is 8. The van der Waals surface area contributed by atoms with E-state index in [9.17, 15) is 24.2 Å². The summed E-state index contributed by atoms with van der Waals surface area (Å²) in [6, 6.07) is 0. The molecule has 0 bridgehead atoms. The second-order valence-electron chi connectivity index (χ2n) is 9.80. The van der Waals surface area contributed by atoms with E-state index in [-0.39, 0.29) is 25.7 Å². The minimum Gasteiger partial charge on any atom is -0.463 e. The number of rotatable bonds is 27. The van der Waals surface area contributed by atoms with Crippen molar-refractivity contribution in [1.82, 2.24) is 5.32 Å². The number of unbranched alkanes of at least 4 members (excludes halogenated alkanes) is 8. The first-order valence-corrected chi connectivity index (χ1v) is 16.6. The Balaban J connectivity index is 3.58. The normalized spacial score (nSPS) is 14.3. The van der Waals surface area contributed by atoms with Crippen molar-refractivity contribution in [3.8, 4) is 0 Å². The SMILES string of the molecule is CCCCC/C=C\C/C=C\C/C=C\C/C=C\CCCCCCCC(=O)NCCOP(=O)(O)OCC(O)COC(C)=O. The number of hydrogen-bond acceptors (Lipinski definition) is 7. The summed E-state index contributed by atoms with van der Waals surface area (Å²) in [5.41, 5.74) is 0. The first kappa shape index (κ1) is 39.0. The van der Waals surface area contributed by atoms with Crippen LogP contribution in [-0.4, -0.2) is 54.3 Å². The second-order valence-corrected chi connectivity index (χ2v) is 11.3. The molecule has 1 amide bonds. The van der Waals surface area contributed by atoms with Gasteiger partial charge in [-0.3, -0.25) is 18.6 Å². The topological polar surface area (TPSA) is 131 Å². The molecule has 0 spiro atoms. The summed E-state index contributed by atoms with van der Waals surface area (Å²) in [7, 11) is -4.38. The van der Waals surface area contributed by atoms with E-state index >= 15 is 0 Å². The largest absolute Gasteiger partial charge is 0.472 e. The van der Waals surface area contributed by atoms with Gasteiger partial charge in [0.05, 0.1) is 13.2 Å². The van der Waals surface area contributed by atoms with Crippen LogP contribution < -0.4 is 5.32 Å². The number of ether oxygens (including phenoxy) is 1. The standard InChI is InChI=1S/C31H54NO8P/c1-3-4-5-6-7-8-9-10-11-12-13-14-15-16-17-18-19-20-21-22-23-24-31(35)32-25-26-39-41(36,37)40-28-30(34)27-38-29(2)33/h7-8,10-11,13-14,16-17,30,34H,3-6,9,12,15,18-28H2,1-2H3,(H,32,35)(H,36,37)/b8-7-,11-10-,14-13-,17-16-. The number of amides is 1. The summed E-state index contributed by atoms with van der Waals surface area (Å²) >= 11 is 0. The molecule has 41 heavy (non-hydrogen) atoms. The zero-order valence-electron chi connectivity index (χ0n) is 25.2. The molecular weight excluding hydrogens is 545 g/mol. The van der Waals surface area contributed by atoms with Gasteiger partial charge in [-0.2, -0.15) is 0 Å². The highest BCUT2D eigenvalue weighted by Gasteiger charge is 2.23. The van der Waals surface area contributed by atoms with Crippen LogP contribution in [0.2, 0.25) is 0 Å². The minimum absolute atomic E-state index is 0.0673. The van der Waals surface area contributed by atoms with E-state index in [1.54, 1.807) is 0 Å². The van der Waals surface area contributed by atoms with Crippen LogP contribution >= 0.6 is 7.82 Å². The number of nitrogens with one attached hydrogen (secondary N) is 1. The average molecular weight is 600 g/mol. The predicted molar refractivity (Wildman–Crippen MR) is 164 cm³/mol. The molecule has 10 heteroatoms. The maximum absolute atomic E-state index is 11.9. The van der Waals surface area contributed by atoms with Crippen LogP contribution in [0, 0.1) is 0 Å². The van der Waals surface area contributed by atoms with Crippen LogP contribution in [0.5, 0.6) is 0 Å². The molecule has 236 valence electrons. The molecular formula is C31H54NO8P. The Morgan fingerprint density at radius 1 is 0.780 bits per heavy atom. The Morgan fingerprint density at radius 3 is 1.90 bits per heavy atom. The van der Waals surface area contributed by atoms with E-state index in [4.69, 9.17) is 4.52 Å². The number of esters is 1. The molecule has 0 aliphatic rings. The van der Waals surface area contributed by atoms with E-state index in [0.29, 0.717) is 6.42 Å². The molecule has 9 nitrogen and oxygen atoms in total. The van der Waals surface area contributed by atoms with Crippen LogP contribution in [0.4, 0.5) is 0 Å². The van der Waals surface area contributed by atoms with E-state index in [2.05, 4.69) is 70.1 Å². The second kappa shape index (κ2) is 28.1. The van der Waals surface area contributed by atoms with Crippen molar-refractivity contribution in [2.24, 2.45) is 0 Å². The van der Waals surface area contributed by atoms with Gasteiger partial charge < -0.3 is 20.1 Å². The van der Waals surface area contributed by atoms with E-state index < -0.39 is 26.5 Å². The summed E-state index contributed by atoms with van der Waals surface area (Å²) in [4.78, 5) is 32.1. The number of aliphatic hydroxyl groups excluding tert-OH is 1. The maximum atomic E-state index is 11.9. The quantitative estimate of drug-likeness (QED) is 0.0404. The van der Waals surface area contributed by atoms with Crippen LogP contribution in [0.15, 0.2) is 48.6 Å². The number of phosphoric ester groups is 1. The lowest BCUT2D eigenvalue weighted by atomic mass is 10.1. The lowest BCUT2D eigenvalue weighted by Gasteiger charge is -2.15. The van der Waals surface area contributed by atoms with Gasteiger partial charge in [-0.05, 0) is 51.4 Å². The van der Waals surface area contributed by atoms with E-state index in [1.807, 2.05) is 0 Å². The van der Waals surface area contributed by atoms with Gasteiger partial charge in [-0.25, -0.2) is 4.57 Å². The zero-order chi connectivity index (χ0) is 30.4. The molecule has 2 atom stereocenters. The van der Waals surface area contributed by atoms with Gasteiger partial charge in [0.25, 0.3) is 0 Å². The zero-order valence-corrected chi connectivity index (χ0v) is 26.1. The van der Waals surface area contributed by atoms with Gasteiger partial charge in [0.2, 0.25) is 5.91 Å². The molecule has 3 N–H and O–H groups in total. The first-order valence-electron chi connectivity index (χ1n) is 15.1. The van der Waals surface area contributed by atoms with Gasteiger partial charge in [0.15, 0.2) is 0 Å². The molecule has 0 aliphatic carbocycles. The van der Waals surface area contributed by atoms with Crippen LogP contribution in [0.3, 0.4) is 0 Å². The fourth-order valence-corrected chi connectivity index (χ4v) is 4.32. The van der Waals surface area contributed by atoms with Crippen molar-refractivity contribution >= 4 is 19.7 Å². The maximum Gasteiger partial charge on any atom is 0.472 e. The number of aliphatic hydroxyl groups is 1. The fourth-order valence-electron chi connectivity index (χ4n) is 3.56. The molecule has 0 aromatic rings. The molecule has 2 unspecified atom stereocenters. The average Bonchev–Trinajstić information content (AvgIpc) is 2.94. The Labute approximate surface area is 247 Å². The van der Waals surface area contributed by atoms with Gasteiger partial charge in [-0.15, -0.1) is 0 Å². The van der Waals surface area contributed by atoms with Crippen molar-refractivity contribution < 1.29 is 37.9 Å². The van der Waals surface area contributed by atoms with Crippen LogP contribution in [0.25, 0.3) is 0 Å². The smallest absolute Gasteiger partial charge is 0.463 e. The fraction of sp³-hybridized carbons (Fsp3) is 0.677. The van der Waals surface area contributed by atoms with Crippen molar-refractivity contribution in [2.75, 3.05) is 26.4 Å². The Morgan fingerprint density at radius 2 is 1.32 bits per heavy atom. The summed E-state index contributed by atoms with van der Waals surface area (Å²) < 4.78 is 25.7. The summed E-state index contributed by atoms with van der Waals surface area (Å²) in [6.45, 7) is 2.38.